The van der Waals surface area contributed by atoms with Gasteiger partial charge >= 0.3 is 0 Å². The molecule has 1 saturated carbocycles. The lowest BCUT2D eigenvalue weighted by Crippen LogP contribution is -2.53. The van der Waals surface area contributed by atoms with Crippen molar-refractivity contribution >= 4 is 22.4 Å². The van der Waals surface area contributed by atoms with Crippen LogP contribution in [0.15, 0.2) is 53.3 Å². The molecule has 8 nitrogen and oxygen atoms in total. The van der Waals surface area contributed by atoms with Crippen LogP contribution in [0.1, 0.15) is 76.4 Å². The van der Waals surface area contributed by atoms with E-state index in [0.29, 0.717) is 37.5 Å². The van der Waals surface area contributed by atoms with Crippen LogP contribution >= 0.6 is 11.3 Å². The van der Waals surface area contributed by atoms with Crippen LogP contribution in [0.25, 0.3) is 11.4 Å². The molecule has 43 heavy (non-hydrogen) atoms. The molecule has 0 aromatic carbocycles. The summed E-state index contributed by atoms with van der Waals surface area (Å²) in [6, 6.07) is 7.59. The van der Waals surface area contributed by atoms with Crippen LogP contribution in [0, 0.1) is 12.8 Å². The molecular formula is C33H46FN5O3S. The van der Waals surface area contributed by atoms with Gasteiger partial charge in [-0.2, -0.15) is 0 Å². The second kappa shape index (κ2) is 15.1. The molecule has 10 heteroatoms. The molecule has 0 spiro atoms. The number of allylic oxidation sites excluding steroid dienone is 1. The minimum atomic E-state index is -0.671. The Labute approximate surface area is 259 Å². The van der Waals surface area contributed by atoms with Crippen molar-refractivity contribution < 1.29 is 18.7 Å². The van der Waals surface area contributed by atoms with Gasteiger partial charge < -0.3 is 24.7 Å². The van der Waals surface area contributed by atoms with Crippen molar-refractivity contribution in [2.75, 3.05) is 31.7 Å². The van der Waals surface area contributed by atoms with Crippen LogP contribution in [0.5, 0.6) is 0 Å². The Morgan fingerprint density at radius 2 is 1.91 bits per heavy atom. The Balaban J connectivity index is 0.000000330. The van der Waals surface area contributed by atoms with Gasteiger partial charge in [-0.3, -0.25) is 9.78 Å². The van der Waals surface area contributed by atoms with E-state index in [4.69, 9.17) is 9.47 Å². The van der Waals surface area contributed by atoms with Gasteiger partial charge in [0.2, 0.25) is 0 Å². The van der Waals surface area contributed by atoms with Gasteiger partial charge in [0.15, 0.2) is 5.13 Å². The van der Waals surface area contributed by atoms with Gasteiger partial charge in [0.25, 0.3) is 5.91 Å². The largest absolute Gasteiger partial charge is 0.376 e. The fraction of sp³-hybridized carbons (Fsp3) is 0.545. The summed E-state index contributed by atoms with van der Waals surface area (Å²) in [5.74, 6) is 0.552. The average molecular weight is 612 g/mol. The van der Waals surface area contributed by atoms with Crippen molar-refractivity contribution in [3.8, 4) is 11.4 Å². The number of hydrogen-bond donors (Lipinski definition) is 2. The molecule has 2 aliphatic rings. The molecule has 4 heterocycles. The molecule has 5 rings (SSSR count). The van der Waals surface area contributed by atoms with E-state index in [2.05, 4.69) is 55.2 Å². The summed E-state index contributed by atoms with van der Waals surface area (Å²) in [7, 11) is 0. The lowest BCUT2D eigenvalue weighted by molar-refractivity contribution is -0.111. The van der Waals surface area contributed by atoms with Crippen molar-refractivity contribution in [1.29, 1.82) is 0 Å². The highest BCUT2D eigenvalue weighted by molar-refractivity contribution is 7.14. The second-order valence-electron chi connectivity index (χ2n) is 12.0. The first-order chi connectivity index (χ1) is 20.6. The highest BCUT2D eigenvalue weighted by Gasteiger charge is 2.40. The average Bonchev–Trinajstić information content (AvgIpc) is 3.48. The summed E-state index contributed by atoms with van der Waals surface area (Å²) in [4.78, 5) is 21.9. The maximum atomic E-state index is 13.5. The maximum absolute atomic E-state index is 13.5. The van der Waals surface area contributed by atoms with Gasteiger partial charge in [0.05, 0.1) is 43.2 Å². The van der Waals surface area contributed by atoms with E-state index < -0.39 is 12.2 Å². The topological polar surface area (TPSA) is 90.3 Å². The number of amides is 1. The lowest BCUT2D eigenvalue weighted by atomic mass is 9.99. The van der Waals surface area contributed by atoms with E-state index in [-0.39, 0.29) is 5.91 Å². The van der Waals surface area contributed by atoms with Gasteiger partial charge in [0.1, 0.15) is 17.9 Å². The minimum Gasteiger partial charge on any atom is -0.376 e. The first kappa shape index (κ1) is 32.8. The van der Waals surface area contributed by atoms with E-state index in [0.717, 1.165) is 53.1 Å². The maximum Gasteiger partial charge on any atom is 0.253 e. The number of pyridine rings is 1. The first-order valence-electron chi connectivity index (χ1n) is 15.3. The highest BCUT2D eigenvalue weighted by Crippen LogP contribution is 2.33. The molecular weight excluding hydrogens is 565 g/mol. The number of aryl methyl sites for hydroxylation is 1. The molecule has 2 unspecified atom stereocenters. The van der Waals surface area contributed by atoms with Gasteiger partial charge in [-0.1, -0.05) is 26.8 Å². The number of hydrogen-bond acceptors (Lipinski definition) is 7. The van der Waals surface area contributed by atoms with Crippen molar-refractivity contribution in [3.05, 3.63) is 64.6 Å². The lowest BCUT2D eigenvalue weighted by Gasteiger charge is -2.40. The van der Waals surface area contributed by atoms with E-state index in [1.165, 1.54) is 23.3 Å². The fourth-order valence-electron chi connectivity index (χ4n) is 4.83. The molecule has 2 fully saturated rings. The molecule has 0 bridgehead atoms. The van der Waals surface area contributed by atoms with Crippen LogP contribution in [-0.4, -0.2) is 59.1 Å². The summed E-state index contributed by atoms with van der Waals surface area (Å²) in [6.45, 7) is 13.4. The van der Waals surface area contributed by atoms with Gasteiger partial charge in [-0.15, -0.1) is 11.3 Å². The predicted molar refractivity (Wildman–Crippen MR) is 171 cm³/mol. The molecule has 1 aliphatic heterocycles. The SMILES string of the molecule is CCC(C)OC(C)CC(C)C.Cc1cccc(-c2csc(NC(CNC(=O)c3ccn(C4(CF)COC4)c3)=C3CC3)n2)n1. The van der Waals surface area contributed by atoms with Gasteiger partial charge in [-0.25, -0.2) is 9.37 Å². The Morgan fingerprint density at radius 1 is 1.14 bits per heavy atom. The molecule has 3 aromatic heterocycles. The highest BCUT2D eigenvalue weighted by atomic mass is 32.1. The number of thiazole rings is 1. The molecule has 1 saturated heterocycles. The number of alkyl halides is 1. The summed E-state index contributed by atoms with van der Waals surface area (Å²) >= 11 is 1.51. The molecule has 0 radical (unpaired) electrons. The number of anilines is 1. The fourth-order valence-corrected chi connectivity index (χ4v) is 5.56. The first-order valence-corrected chi connectivity index (χ1v) is 16.1. The Hall–Kier alpha value is -3.08. The Morgan fingerprint density at radius 3 is 2.51 bits per heavy atom. The summed E-state index contributed by atoms with van der Waals surface area (Å²) in [6.07, 6.45) is 8.60. The second-order valence-corrected chi connectivity index (χ2v) is 12.9. The number of aromatic nitrogens is 3. The number of halogens is 1. The van der Waals surface area contributed by atoms with Crippen LogP contribution in [0.2, 0.25) is 0 Å². The van der Waals surface area contributed by atoms with E-state index in [1.807, 2.05) is 30.5 Å². The zero-order valence-corrected chi connectivity index (χ0v) is 27.1. The Kier molecular flexibility index (Phi) is 11.5. The van der Waals surface area contributed by atoms with E-state index >= 15 is 0 Å². The molecule has 2 N–H and O–H groups in total. The molecule has 1 amide bonds. The number of nitrogens with one attached hydrogen (secondary N) is 2. The summed E-state index contributed by atoms with van der Waals surface area (Å²) < 4.78 is 26.1. The van der Waals surface area contributed by atoms with Crippen molar-refractivity contribution in [2.24, 2.45) is 5.92 Å². The number of carbonyl (C=O) groups excluding carboxylic acids is 1. The van der Waals surface area contributed by atoms with Crippen LogP contribution < -0.4 is 10.6 Å². The zero-order valence-electron chi connectivity index (χ0n) is 26.3. The molecule has 1 aliphatic carbocycles. The quantitative estimate of drug-likeness (QED) is 0.214. The predicted octanol–water partition coefficient (Wildman–Crippen LogP) is 7.14. The van der Waals surface area contributed by atoms with E-state index in [1.54, 1.807) is 23.0 Å². The zero-order chi connectivity index (χ0) is 31.0. The minimum absolute atomic E-state index is 0.192. The third-order valence-electron chi connectivity index (χ3n) is 7.60. The third-order valence-corrected chi connectivity index (χ3v) is 8.36. The van der Waals surface area contributed by atoms with Gasteiger partial charge in [0, 0.05) is 29.2 Å². The normalized spacial score (nSPS) is 16.5. The monoisotopic (exact) mass is 611 g/mol. The molecule has 3 aromatic rings. The Bertz CT molecular complexity index is 1370. The number of nitrogens with zero attached hydrogens (tertiary/aromatic N) is 3. The van der Waals surface area contributed by atoms with Gasteiger partial charge in [-0.05, 0) is 76.1 Å². The third kappa shape index (κ3) is 9.20. The van der Waals surface area contributed by atoms with Crippen LogP contribution in [0.4, 0.5) is 9.52 Å². The van der Waals surface area contributed by atoms with Crippen LogP contribution in [-0.2, 0) is 15.0 Å². The van der Waals surface area contributed by atoms with Crippen molar-refractivity contribution in [1.82, 2.24) is 19.9 Å². The molecule has 234 valence electrons. The summed E-state index contributed by atoms with van der Waals surface area (Å²) in [5, 5.41) is 9.10. The number of carbonyl (C=O) groups is 1. The standard InChI is InChI=1S/C23H24FN5O2S.C10H22O/c1-15-3-2-4-18(26-15)20-11-32-22(28-20)27-19(16-5-6-16)9-25-21(30)17-7-8-29(10-17)23(12-24)13-31-14-23;1-6-9(4)11-10(5)7-8(2)3/h2-4,7-8,10-11H,5-6,9,12-14H2,1H3,(H,25,30)(H,27,28);8-10H,6-7H2,1-5H3. The van der Waals surface area contributed by atoms with E-state index in [9.17, 15) is 9.18 Å². The smallest absolute Gasteiger partial charge is 0.253 e. The van der Waals surface area contributed by atoms with Crippen molar-refractivity contribution in [3.63, 3.8) is 0 Å². The van der Waals surface area contributed by atoms with Crippen LogP contribution in [0.3, 0.4) is 0 Å². The van der Waals surface area contributed by atoms with Crippen molar-refractivity contribution in [2.45, 2.75) is 85.0 Å². The molecule has 2 atom stereocenters. The summed E-state index contributed by atoms with van der Waals surface area (Å²) in [5.41, 5.74) is 4.72. The number of ether oxygens (including phenoxy) is 2. The number of rotatable bonds is 13.